The molecule has 1 aliphatic heterocycles. The Morgan fingerprint density at radius 1 is 1.38 bits per heavy atom. The minimum Gasteiger partial charge on any atom is -0.378 e. The van der Waals surface area contributed by atoms with Crippen molar-refractivity contribution < 1.29 is 9.53 Å². The lowest BCUT2D eigenvalue weighted by molar-refractivity contribution is 0.0907. The van der Waals surface area contributed by atoms with Gasteiger partial charge < -0.3 is 10.1 Å². The van der Waals surface area contributed by atoms with E-state index in [0.717, 1.165) is 31.4 Å². The van der Waals surface area contributed by atoms with Crippen LogP contribution < -0.4 is 5.32 Å². The van der Waals surface area contributed by atoms with Crippen molar-refractivity contribution in [3.05, 3.63) is 35.9 Å². The standard InChI is InChI=1S/C13H17NO2/c15-13(11-5-2-1-3-6-11)14-9-8-12-7-4-10-16-12/h1-3,5-6,12H,4,7-10H2,(H,14,15). The first-order chi connectivity index (χ1) is 7.86. The van der Waals surface area contributed by atoms with Gasteiger partial charge in [-0.05, 0) is 31.4 Å². The van der Waals surface area contributed by atoms with Gasteiger partial charge in [-0.2, -0.15) is 0 Å². The zero-order chi connectivity index (χ0) is 11.2. The minimum absolute atomic E-state index is 0.00130. The van der Waals surface area contributed by atoms with Gasteiger partial charge in [0.1, 0.15) is 0 Å². The Hall–Kier alpha value is -1.35. The average Bonchev–Trinajstić information content (AvgIpc) is 2.83. The van der Waals surface area contributed by atoms with E-state index < -0.39 is 0 Å². The van der Waals surface area contributed by atoms with Gasteiger partial charge in [-0.15, -0.1) is 0 Å². The number of nitrogens with one attached hydrogen (secondary N) is 1. The number of amides is 1. The van der Waals surface area contributed by atoms with Crippen molar-refractivity contribution in [3.63, 3.8) is 0 Å². The second kappa shape index (κ2) is 5.66. The van der Waals surface area contributed by atoms with Crippen LogP contribution in [0.1, 0.15) is 29.6 Å². The summed E-state index contributed by atoms with van der Waals surface area (Å²) in [6.07, 6.45) is 3.54. The highest BCUT2D eigenvalue weighted by Crippen LogP contribution is 2.14. The summed E-state index contributed by atoms with van der Waals surface area (Å²) in [4.78, 5) is 11.7. The van der Waals surface area contributed by atoms with E-state index in [1.54, 1.807) is 0 Å². The highest BCUT2D eigenvalue weighted by molar-refractivity contribution is 5.94. The molecular weight excluding hydrogens is 202 g/mol. The molecule has 1 atom stereocenters. The van der Waals surface area contributed by atoms with E-state index in [2.05, 4.69) is 5.32 Å². The summed E-state index contributed by atoms with van der Waals surface area (Å²) in [6, 6.07) is 9.29. The molecule has 0 aliphatic carbocycles. The Bertz CT molecular complexity index is 331. The maximum absolute atomic E-state index is 11.7. The van der Waals surface area contributed by atoms with Gasteiger partial charge >= 0.3 is 0 Å². The highest BCUT2D eigenvalue weighted by atomic mass is 16.5. The fourth-order valence-electron chi connectivity index (χ4n) is 1.91. The van der Waals surface area contributed by atoms with Crippen LogP contribution >= 0.6 is 0 Å². The van der Waals surface area contributed by atoms with E-state index in [4.69, 9.17) is 4.74 Å². The second-order valence-corrected chi connectivity index (χ2v) is 4.05. The third-order valence-electron chi connectivity index (χ3n) is 2.81. The molecule has 0 spiro atoms. The van der Waals surface area contributed by atoms with Gasteiger partial charge in [-0.25, -0.2) is 0 Å². The smallest absolute Gasteiger partial charge is 0.251 e. The number of benzene rings is 1. The van der Waals surface area contributed by atoms with E-state index in [0.29, 0.717) is 12.6 Å². The molecule has 1 unspecified atom stereocenters. The Morgan fingerprint density at radius 3 is 2.88 bits per heavy atom. The van der Waals surface area contributed by atoms with Crippen LogP contribution in [0.15, 0.2) is 30.3 Å². The fourth-order valence-corrected chi connectivity index (χ4v) is 1.91. The first kappa shape index (κ1) is 11.1. The van der Waals surface area contributed by atoms with E-state index >= 15 is 0 Å². The van der Waals surface area contributed by atoms with Crippen LogP contribution in [0.3, 0.4) is 0 Å². The van der Waals surface area contributed by atoms with Crippen LogP contribution in [-0.2, 0) is 4.74 Å². The summed E-state index contributed by atoms with van der Waals surface area (Å²) in [5.41, 5.74) is 0.717. The lowest BCUT2D eigenvalue weighted by Crippen LogP contribution is -2.26. The third kappa shape index (κ3) is 3.07. The van der Waals surface area contributed by atoms with Gasteiger partial charge in [0.25, 0.3) is 5.91 Å². The Balaban J connectivity index is 1.71. The summed E-state index contributed by atoms with van der Waals surface area (Å²) < 4.78 is 5.49. The SMILES string of the molecule is O=C(NCCC1CCCO1)c1ccccc1. The average molecular weight is 219 g/mol. The maximum Gasteiger partial charge on any atom is 0.251 e. The molecule has 86 valence electrons. The molecule has 1 aromatic rings. The Labute approximate surface area is 95.8 Å². The normalized spacial score (nSPS) is 19.6. The number of ether oxygens (including phenoxy) is 1. The minimum atomic E-state index is -0.00130. The summed E-state index contributed by atoms with van der Waals surface area (Å²) in [5.74, 6) is -0.00130. The molecule has 2 rings (SSSR count). The fraction of sp³-hybridized carbons (Fsp3) is 0.462. The lowest BCUT2D eigenvalue weighted by atomic mass is 10.1. The highest BCUT2D eigenvalue weighted by Gasteiger charge is 2.15. The molecular formula is C13H17NO2. The molecule has 3 heteroatoms. The molecule has 1 fully saturated rings. The summed E-state index contributed by atoms with van der Waals surface area (Å²) in [5, 5.41) is 2.91. The van der Waals surface area contributed by atoms with Gasteiger partial charge in [-0.1, -0.05) is 18.2 Å². The van der Waals surface area contributed by atoms with Crippen molar-refractivity contribution in [1.82, 2.24) is 5.32 Å². The first-order valence-electron chi connectivity index (χ1n) is 5.81. The van der Waals surface area contributed by atoms with E-state index in [1.165, 1.54) is 0 Å². The predicted molar refractivity (Wildman–Crippen MR) is 62.4 cm³/mol. The molecule has 0 bridgehead atoms. The van der Waals surface area contributed by atoms with Crippen molar-refractivity contribution in [1.29, 1.82) is 0 Å². The van der Waals surface area contributed by atoms with Gasteiger partial charge in [0, 0.05) is 18.7 Å². The Morgan fingerprint density at radius 2 is 2.19 bits per heavy atom. The molecule has 3 nitrogen and oxygen atoms in total. The molecule has 1 saturated heterocycles. The molecule has 0 aromatic heterocycles. The van der Waals surface area contributed by atoms with Crippen LogP contribution in [-0.4, -0.2) is 25.2 Å². The topological polar surface area (TPSA) is 38.3 Å². The number of carbonyl (C=O) groups is 1. The number of hydrogen-bond acceptors (Lipinski definition) is 2. The largest absolute Gasteiger partial charge is 0.378 e. The van der Waals surface area contributed by atoms with Crippen LogP contribution in [0.5, 0.6) is 0 Å². The summed E-state index contributed by atoms with van der Waals surface area (Å²) in [6.45, 7) is 1.57. The van der Waals surface area contributed by atoms with Crippen molar-refractivity contribution in [2.45, 2.75) is 25.4 Å². The monoisotopic (exact) mass is 219 g/mol. The predicted octanol–water partition coefficient (Wildman–Crippen LogP) is 1.99. The van der Waals surface area contributed by atoms with Gasteiger partial charge in [0.2, 0.25) is 0 Å². The Kier molecular flexibility index (Phi) is 3.94. The molecule has 1 heterocycles. The van der Waals surface area contributed by atoms with Gasteiger partial charge in [-0.3, -0.25) is 4.79 Å². The molecule has 0 saturated carbocycles. The van der Waals surface area contributed by atoms with E-state index in [-0.39, 0.29) is 5.91 Å². The lowest BCUT2D eigenvalue weighted by Gasteiger charge is -2.09. The molecule has 1 aromatic carbocycles. The van der Waals surface area contributed by atoms with Crippen molar-refractivity contribution in [2.24, 2.45) is 0 Å². The number of rotatable bonds is 4. The van der Waals surface area contributed by atoms with Crippen LogP contribution in [0, 0.1) is 0 Å². The van der Waals surface area contributed by atoms with Crippen molar-refractivity contribution in [3.8, 4) is 0 Å². The van der Waals surface area contributed by atoms with Gasteiger partial charge in [0.05, 0.1) is 6.10 Å². The molecule has 1 aliphatic rings. The summed E-state index contributed by atoms with van der Waals surface area (Å²) in [7, 11) is 0. The van der Waals surface area contributed by atoms with E-state index in [1.807, 2.05) is 30.3 Å². The summed E-state index contributed by atoms with van der Waals surface area (Å²) >= 11 is 0. The van der Waals surface area contributed by atoms with Gasteiger partial charge in [0.15, 0.2) is 0 Å². The maximum atomic E-state index is 11.7. The second-order valence-electron chi connectivity index (χ2n) is 4.05. The zero-order valence-corrected chi connectivity index (χ0v) is 9.32. The molecule has 16 heavy (non-hydrogen) atoms. The quantitative estimate of drug-likeness (QED) is 0.841. The van der Waals surface area contributed by atoms with Crippen LogP contribution in [0.25, 0.3) is 0 Å². The molecule has 1 amide bonds. The van der Waals surface area contributed by atoms with Crippen molar-refractivity contribution >= 4 is 5.91 Å². The molecule has 0 radical (unpaired) electrons. The number of hydrogen-bond donors (Lipinski definition) is 1. The van der Waals surface area contributed by atoms with Crippen LogP contribution in [0.4, 0.5) is 0 Å². The van der Waals surface area contributed by atoms with E-state index in [9.17, 15) is 4.79 Å². The molecule has 1 N–H and O–H groups in total. The number of carbonyl (C=O) groups excluding carboxylic acids is 1. The zero-order valence-electron chi connectivity index (χ0n) is 9.32. The van der Waals surface area contributed by atoms with Crippen LogP contribution in [0.2, 0.25) is 0 Å². The first-order valence-corrected chi connectivity index (χ1v) is 5.81. The third-order valence-corrected chi connectivity index (χ3v) is 2.81. The van der Waals surface area contributed by atoms with Crippen molar-refractivity contribution in [2.75, 3.05) is 13.2 Å².